The zero-order valence-corrected chi connectivity index (χ0v) is 14.1. The van der Waals surface area contributed by atoms with Crippen LogP contribution in [0.1, 0.15) is 32.3 Å². The normalized spacial score (nSPS) is 29.4. The molecule has 5 atom stereocenters. The number of alkyl carbamates (subject to hydrolysis) is 1. The van der Waals surface area contributed by atoms with E-state index in [0.29, 0.717) is 0 Å². The number of esters is 1. The second-order valence-electron chi connectivity index (χ2n) is 7.38. The van der Waals surface area contributed by atoms with Crippen LogP contribution in [-0.4, -0.2) is 41.5 Å². The molecule has 1 heterocycles. The molecule has 0 spiro atoms. The summed E-state index contributed by atoms with van der Waals surface area (Å²) in [6.45, 7) is 4.97. The van der Waals surface area contributed by atoms with Crippen LogP contribution in [0.25, 0.3) is 0 Å². The first-order chi connectivity index (χ1) is 11.3. The lowest BCUT2D eigenvalue weighted by molar-refractivity contribution is -0.147. The molecule has 0 aromatic heterocycles. The first-order valence-electron chi connectivity index (χ1n) is 8.17. The van der Waals surface area contributed by atoms with Gasteiger partial charge >= 0.3 is 12.1 Å². The molecular formula is C18H23NO5. The first kappa shape index (κ1) is 16.8. The van der Waals surface area contributed by atoms with E-state index in [2.05, 4.69) is 5.32 Å². The van der Waals surface area contributed by atoms with E-state index in [1.807, 2.05) is 30.3 Å². The zero-order chi connectivity index (χ0) is 17.5. The van der Waals surface area contributed by atoms with Crippen LogP contribution in [0.3, 0.4) is 0 Å². The summed E-state index contributed by atoms with van der Waals surface area (Å²) < 4.78 is 10.6. The number of aliphatic hydroxyl groups is 1. The van der Waals surface area contributed by atoms with E-state index in [-0.39, 0.29) is 30.3 Å². The Hall–Kier alpha value is -2.08. The minimum absolute atomic E-state index is 0.0213. The summed E-state index contributed by atoms with van der Waals surface area (Å²) in [4.78, 5) is 24.1. The average molecular weight is 333 g/mol. The summed E-state index contributed by atoms with van der Waals surface area (Å²) in [5.74, 6) is -0.380. The number of ether oxygens (including phenoxy) is 2. The predicted octanol–water partition coefficient (Wildman–Crippen LogP) is 1.83. The van der Waals surface area contributed by atoms with Gasteiger partial charge in [0, 0.05) is 11.8 Å². The van der Waals surface area contributed by atoms with Crippen molar-refractivity contribution in [1.82, 2.24) is 5.32 Å². The number of rotatable bonds is 4. The van der Waals surface area contributed by atoms with Crippen molar-refractivity contribution < 1.29 is 24.2 Å². The SMILES string of the molecule is CC(C)(C)OC(=O)N[C@@H](CO)[C@H]1OC(=O)[C@@H]2[C@@H](c3ccccc3)[C@H]12. The molecule has 6 nitrogen and oxygen atoms in total. The highest BCUT2D eigenvalue weighted by Gasteiger charge is 2.67. The van der Waals surface area contributed by atoms with E-state index in [4.69, 9.17) is 9.47 Å². The third-order valence-electron chi connectivity index (χ3n) is 4.46. The Bertz CT molecular complexity index is 624. The maximum atomic E-state index is 12.1. The molecule has 2 aliphatic rings. The van der Waals surface area contributed by atoms with E-state index in [9.17, 15) is 14.7 Å². The van der Waals surface area contributed by atoms with Gasteiger partial charge < -0.3 is 19.9 Å². The molecule has 130 valence electrons. The van der Waals surface area contributed by atoms with Gasteiger partial charge in [0.1, 0.15) is 11.7 Å². The molecule has 1 saturated heterocycles. The second-order valence-corrected chi connectivity index (χ2v) is 7.38. The molecular weight excluding hydrogens is 310 g/mol. The third-order valence-corrected chi connectivity index (χ3v) is 4.46. The number of amides is 1. The van der Waals surface area contributed by atoms with Gasteiger partial charge in [-0.2, -0.15) is 0 Å². The Labute approximate surface area is 141 Å². The van der Waals surface area contributed by atoms with Crippen LogP contribution >= 0.6 is 0 Å². The van der Waals surface area contributed by atoms with Crippen LogP contribution in [0.15, 0.2) is 30.3 Å². The smallest absolute Gasteiger partial charge is 0.408 e. The van der Waals surface area contributed by atoms with E-state index >= 15 is 0 Å². The molecule has 1 aromatic rings. The molecule has 1 amide bonds. The number of carbonyl (C=O) groups is 2. The van der Waals surface area contributed by atoms with Crippen LogP contribution in [0.5, 0.6) is 0 Å². The topological polar surface area (TPSA) is 84.9 Å². The number of cyclic esters (lactones) is 1. The summed E-state index contributed by atoms with van der Waals surface area (Å²) >= 11 is 0. The first-order valence-corrected chi connectivity index (χ1v) is 8.17. The molecule has 0 radical (unpaired) electrons. The Kier molecular flexibility index (Phi) is 4.25. The van der Waals surface area contributed by atoms with Crippen molar-refractivity contribution in [3.05, 3.63) is 35.9 Å². The minimum atomic E-state index is -0.674. The molecule has 1 aliphatic carbocycles. The molecule has 1 saturated carbocycles. The van der Waals surface area contributed by atoms with E-state index in [1.54, 1.807) is 20.8 Å². The number of carbonyl (C=O) groups excluding carboxylic acids is 2. The standard InChI is InChI=1S/C18H23NO5/c1-18(2,3)24-17(22)19-11(9-20)15-13-12(14(13)16(21)23-15)10-7-5-4-6-8-10/h4-8,11-15,20H,9H2,1-3H3,(H,19,22)/t11-,12-,13-,14+,15+/m0/s1. The molecule has 1 aliphatic heterocycles. The zero-order valence-electron chi connectivity index (χ0n) is 14.1. The monoisotopic (exact) mass is 333 g/mol. The van der Waals surface area contributed by atoms with E-state index in [0.717, 1.165) is 5.56 Å². The van der Waals surface area contributed by atoms with Gasteiger partial charge in [0.05, 0.1) is 18.6 Å². The largest absolute Gasteiger partial charge is 0.459 e. The average Bonchev–Trinajstić information content (AvgIpc) is 3.16. The van der Waals surface area contributed by atoms with Crippen molar-refractivity contribution in [3.63, 3.8) is 0 Å². The summed E-state index contributed by atoms with van der Waals surface area (Å²) in [5, 5.41) is 12.3. The fraction of sp³-hybridized carbons (Fsp3) is 0.556. The molecule has 1 aromatic carbocycles. The minimum Gasteiger partial charge on any atom is -0.459 e. The van der Waals surface area contributed by atoms with Crippen LogP contribution in [0.4, 0.5) is 4.79 Å². The summed E-state index contributed by atoms with van der Waals surface area (Å²) in [6.07, 6.45) is -1.16. The number of benzene rings is 1. The maximum absolute atomic E-state index is 12.1. The van der Waals surface area contributed by atoms with Crippen LogP contribution in [-0.2, 0) is 14.3 Å². The maximum Gasteiger partial charge on any atom is 0.408 e. The fourth-order valence-corrected chi connectivity index (χ4v) is 3.48. The lowest BCUT2D eigenvalue weighted by Gasteiger charge is -2.27. The van der Waals surface area contributed by atoms with Crippen molar-refractivity contribution in [2.75, 3.05) is 6.61 Å². The fourth-order valence-electron chi connectivity index (χ4n) is 3.48. The highest BCUT2D eigenvalue weighted by molar-refractivity contribution is 5.82. The molecule has 2 fully saturated rings. The van der Waals surface area contributed by atoms with Gasteiger partial charge in [0.25, 0.3) is 0 Å². The Morgan fingerprint density at radius 3 is 2.54 bits per heavy atom. The summed E-state index contributed by atoms with van der Waals surface area (Å²) in [7, 11) is 0. The molecule has 2 N–H and O–H groups in total. The summed E-state index contributed by atoms with van der Waals surface area (Å²) in [6, 6.07) is 9.11. The van der Waals surface area contributed by atoms with Crippen LogP contribution in [0.2, 0.25) is 0 Å². The lowest BCUT2D eigenvalue weighted by Crippen LogP contribution is -2.49. The molecule has 3 rings (SSSR count). The van der Waals surface area contributed by atoms with Crippen LogP contribution < -0.4 is 5.32 Å². The number of nitrogens with one attached hydrogen (secondary N) is 1. The lowest BCUT2D eigenvalue weighted by atomic mass is 10.0. The molecule has 24 heavy (non-hydrogen) atoms. The third kappa shape index (κ3) is 3.24. The van der Waals surface area contributed by atoms with Crippen molar-refractivity contribution in [2.24, 2.45) is 11.8 Å². The summed E-state index contributed by atoms with van der Waals surface area (Å²) in [5.41, 5.74) is 0.452. The highest BCUT2D eigenvalue weighted by Crippen LogP contribution is 2.61. The van der Waals surface area contributed by atoms with E-state index in [1.165, 1.54) is 0 Å². The van der Waals surface area contributed by atoms with Gasteiger partial charge in [-0.15, -0.1) is 0 Å². The van der Waals surface area contributed by atoms with Crippen molar-refractivity contribution in [1.29, 1.82) is 0 Å². The van der Waals surface area contributed by atoms with Gasteiger partial charge in [0.15, 0.2) is 0 Å². The Balaban J connectivity index is 1.69. The Morgan fingerprint density at radius 2 is 1.96 bits per heavy atom. The predicted molar refractivity (Wildman–Crippen MR) is 86.3 cm³/mol. The molecule has 6 heteroatoms. The number of aliphatic hydroxyl groups excluding tert-OH is 1. The van der Waals surface area contributed by atoms with Crippen molar-refractivity contribution in [3.8, 4) is 0 Å². The van der Waals surface area contributed by atoms with Crippen molar-refractivity contribution in [2.45, 2.75) is 44.4 Å². The Morgan fingerprint density at radius 1 is 1.29 bits per heavy atom. The van der Waals surface area contributed by atoms with Crippen LogP contribution in [0, 0.1) is 11.8 Å². The molecule has 0 unspecified atom stereocenters. The van der Waals surface area contributed by atoms with Crippen molar-refractivity contribution >= 4 is 12.1 Å². The highest BCUT2D eigenvalue weighted by atomic mass is 16.6. The van der Waals surface area contributed by atoms with Gasteiger partial charge in [-0.1, -0.05) is 30.3 Å². The van der Waals surface area contributed by atoms with Gasteiger partial charge in [-0.25, -0.2) is 4.79 Å². The number of hydrogen-bond donors (Lipinski definition) is 2. The quantitative estimate of drug-likeness (QED) is 0.821. The van der Waals surface area contributed by atoms with E-state index < -0.39 is 23.8 Å². The number of hydrogen-bond acceptors (Lipinski definition) is 5. The molecule has 0 bridgehead atoms. The second kappa shape index (κ2) is 6.09. The number of fused-ring (bicyclic) bond motifs is 1. The van der Waals surface area contributed by atoms with Gasteiger partial charge in [-0.05, 0) is 26.3 Å². The van der Waals surface area contributed by atoms with Gasteiger partial charge in [-0.3, -0.25) is 4.79 Å². The van der Waals surface area contributed by atoms with Gasteiger partial charge in [0.2, 0.25) is 0 Å².